The summed E-state index contributed by atoms with van der Waals surface area (Å²) in [4.78, 5) is 24.1. The Morgan fingerprint density at radius 2 is 1.59 bits per heavy atom. The van der Waals surface area contributed by atoms with Crippen LogP contribution in [0.3, 0.4) is 0 Å². The highest BCUT2D eigenvalue weighted by Crippen LogP contribution is 2.22. The highest BCUT2D eigenvalue weighted by Gasteiger charge is 2.24. The number of ether oxygens (including phenoxy) is 4. The van der Waals surface area contributed by atoms with Crippen LogP contribution in [0.1, 0.15) is 44.7 Å². The summed E-state index contributed by atoms with van der Waals surface area (Å²) in [6.07, 6.45) is 1.79. The van der Waals surface area contributed by atoms with Crippen molar-refractivity contribution in [3.8, 4) is 0 Å². The Morgan fingerprint density at radius 1 is 0.955 bits per heavy atom. The van der Waals surface area contributed by atoms with Crippen LogP contribution >= 0.6 is 0 Å². The Kier molecular flexibility index (Phi) is 5.91. The van der Waals surface area contributed by atoms with E-state index in [4.69, 9.17) is 18.9 Å². The minimum absolute atomic E-state index is 0.174. The van der Waals surface area contributed by atoms with Crippen molar-refractivity contribution in [2.24, 2.45) is 0 Å². The molecule has 0 spiro atoms. The van der Waals surface area contributed by atoms with Gasteiger partial charge < -0.3 is 18.9 Å². The van der Waals surface area contributed by atoms with Gasteiger partial charge in [0, 0.05) is 13.2 Å². The zero-order valence-corrected chi connectivity index (χ0v) is 12.8. The molecule has 0 saturated heterocycles. The van der Waals surface area contributed by atoms with Gasteiger partial charge in [-0.3, -0.25) is 0 Å². The average molecular weight is 308 g/mol. The second-order valence-electron chi connectivity index (χ2n) is 4.97. The van der Waals surface area contributed by atoms with Crippen molar-refractivity contribution in [1.82, 2.24) is 0 Å². The summed E-state index contributed by atoms with van der Waals surface area (Å²) in [6, 6.07) is 3.42. The predicted molar refractivity (Wildman–Crippen MR) is 77.7 cm³/mol. The molecule has 0 saturated carbocycles. The summed E-state index contributed by atoms with van der Waals surface area (Å²) in [5, 5.41) is 0. The topological polar surface area (TPSA) is 71.1 Å². The van der Waals surface area contributed by atoms with Gasteiger partial charge in [-0.05, 0) is 30.0 Å². The van der Waals surface area contributed by atoms with Gasteiger partial charge in [0.2, 0.25) is 0 Å². The van der Waals surface area contributed by atoms with Crippen LogP contribution in [0.5, 0.6) is 0 Å². The van der Waals surface area contributed by atoms with Crippen LogP contribution in [0.4, 0.5) is 0 Å². The van der Waals surface area contributed by atoms with Gasteiger partial charge in [-0.25, -0.2) is 9.59 Å². The van der Waals surface area contributed by atoms with Gasteiger partial charge in [0.15, 0.2) is 0 Å². The van der Waals surface area contributed by atoms with Crippen molar-refractivity contribution in [2.45, 2.75) is 26.1 Å². The Morgan fingerprint density at radius 3 is 2.23 bits per heavy atom. The molecule has 0 atom stereocenters. The van der Waals surface area contributed by atoms with Crippen LogP contribution in [0.2, 0.25) is 0 Å². The van der Waals surface area contributed by atoms with E-state index in [0.717, 1.165) is 18.4 Å². The molecular formula is C16H20O6. The van der Waals surface area contributed by atoms with Crippen molar-refractivity contribution in [1.29, 1.82) is 0 Å². The smallest absolute Gasteiger partial charge is 0.339 e. The fourth-order valence-corrected chi connectivity index (χ4v) is 2.36. The second kappa shape index (κ2) is 7.91. The van der Waals surface area contributed by atoms with Crippen LogP contribution in [-0.4, -0.2) is 39.4 Å². The maximum Gasteiger partial charge on any atom is 0.339 e. The zero-order chi connectivity index (χ0) is 15.9. The highest BCUT2D eigenvalue weighted by atomic mass is 16.5. The molecule has 1 heterocycles. The van der Waals surface area contributed by atoms with Crippen molar-refractivity contribution in [3.63, 3.8) is 0 Å². The Balaban J connectivity index is 2.50. The second-order valence-corrected chi connectivity index (χ2v) is 4.97. The van der Waals surface area contributed by atoms with Crippen LogP contribution in [0, 0.1) is 0 Å². The summed E-state index contributed by atoms with van der Waals surface area (Å²) in [5.74, 6) is -1.17. The van der Waals surface area contributed by atoms with Crippen LogP contribution in [-0.2, 0) is 32.2 Å². The van der Waals surface area contributed by atoms with Crippen molar-refractivity contribution >= 4 is 11.9 Å². The van der Waals surface area contributed by atoms with E-state index in [1.54, 1.807) is 6.07 Å². The van der Waals surface area contributed by atoms with E-state index in [1.807, 2.05) is 6.07 Å². The summed E-state index contributed by atoms with van der Waals surface area (Å²) in [5.41, 5.74) is 1.77. The number of hydrogen-bond donors (Lipinski definition) is 0. The lowest BCUT2D eigenvalue weighted by atomic mass is 9.97. The zero-order valence-electron chi connectivity index (χ0n) is 12.8. The third-order valence-corrected chi connectivity index (χ3v) is 3.43. The normalized spacial score (nSPS) is 15.5. The maximum absolute atomic E-state index is 12.1. The monoisotopic (exact) mass is 308 g/mol. The van der Waals surface area contributed by atoms with E-state index < -0.39 is 11.9 Å². The van der Waals surface area contributed by atoms with Crippen LogP contribution in [0.15, 0.2) is 12.1 Å². The number of benzene rings is 1. The molecule has 6 heteroatoms. The predicted octanol–water partition coefficient (Wildman–Crippen LogP) is 2.09. The summed E-state index contributed by atoms with van der Waals surface area (Å²) >= 11 is 0. The fraction of sp³-hybridized carbons (Fsp3) is 0.500. The standard InChI is InChI=1S/C16H20O6/c1-19-15(17)13-8-11-7-12(14(13)16(18)20-2)10-22-6-4-3-5-21-9-11/h7-8H,3-6,9-10H2,1-2H3. The van der Waals surface area contributed by atoms with E-state index in [0.29, 0.717) is 25.4 Å². The van der Waals surface area contributed by atoms with E-state index >= 15 is 0 Å². The fourth-order valence-electron chi connectivity index (χ4n) is 2.36. The Bertz CT molecular complexity index is 552. The Labute approximate surface area is 129 Å². The number of hydrogen-bond acceptors (Lipinski definition) is 6. The molecule has 120 valence electrons. The van der Waals surface area contributed by atoms with Crippen molar-refractivity contribution < 1.29 is 28.5 Å². The maximum atomic E-state index is 12.1. The largest absolute Gasteiger partial charge is 0.465 e. The minimum Gasteiger partial charge on any atom is -0.465 e. The first kappa shape index (κ1) is 16.5. The molecule has 2 rings (SSSR count). The van der Waals surface area contributed by atoms with E-state index in [2.05, 4.69) is 0 Å². The molecule has 0 fully saturated rings. The molecule has 0 amide bonds. The first-order valence-corrected chi connectivity index (χ1v) is 7.15. The van der Waals surface area contributed by atoms with Crippen molar-refractivity contribution in [3.05, 3.63) is 34.4 Å². The van der Waals surface area contributed by atoms with E-state index in [-0.39, 0.29) is 17.7 Å². The number of rotatable bonds is 2. The molecule has 0 radical (unpaired) electrons. The van der Waals surface area contributed by atoms with Gasteiger partial charge >= 0.3 is 11.9 Å². The van der Waals surface area contributed by atoms with E-state index in [9.17, 15) is 9.59 Å². The van der Waals surface area contributed by atoms with Crippen LogP contribution in [0.25, 0.3) is 0 Å². The molecule has 1 aromatic rings. The molecule has 0 aliphatic carbocycles. The van der Waals surface area contributed by atoms with Crippen LogP contribution < -0.4 is 0 Å². The van der Waals surface area contributed by atoms with Gasteiger partial charge in [-0.2, -0.15) is 0 Å². The molecular weight excluding hydrogens is 288 g/mol. The molecule has 0 N–H and O–H groups in total. The van der Waals surface area contributed by atoms with E-state index in [1.165, 1.54) is 14.2 Å². The lowest BCUT2D eigenvalue weighted by Gasteiger charge is -2.14. The highest BCUT2D eigenvalue weighted by molar-refractivity contribution is 6.04. The lowest BCUT2D eigenvalue weighted by Crippen LogP contribution is -2.16. The molecule has 1 aromatic carbocycles. The third-order valence-electron chi connectivity index (χ3n) is 3.43. The first-order valence-electron chi connectivity index (χ1n) is 7.15. The number of fused-ring (bicyclic) bond motifs is 2. The molecule has 2 bridgehead atoms. The lowest BCUT2D eigenvalue weighted by molar-refractivity contribution is 0.0548. The molecule has 1 aliphatic heterocycles. The summed E-state index contributed by atoms with van der Waals surface area (Å²) < 4.78 is 20.7. The first-order chi connectivity index (χ1) is 10.7. The average Bonchev–Trinajstić information content (AvgIpc) is 2.58. The van der Waals surface area contributed by atoms with Gasteiger partial charge in [0.1, 0.15) is 0 Å². The summed E-state index contributed by atoms with van der Waals surface area (Å²) in [7, 11) is 2.55. The molecule has 22 heavy (non-hydrogen) atoms. The molecule has 0 aromatic heterocycles. The number of carbonyl (C=O) groups is 2. The van der Waals surface area contributed by atoms with Gasteiger partial charge in [-0.15, -0.1) is 0 Å². The third kappa shape index (κ3) is 3.84. The number of methoxy groups -OCH3 is 2. The van der Waals surface area contributed by atoms with Gasteiger partial charge in [0.25, 0.3) is 0 Å². The molecule has 0 unspecified atom stereocenters. The van der Waals surface area contributed by atoms with Gasteiger partial charge in [0.05, 0.1) is 38.6 Å². The minimum atomic E-state index is -0.585. The Hall–Kier alpha value is -1.92. The number of esters is 2. The molecule has 6 nitrogen and oxygen atoms in total. The molecule has 1 aliphatic rings. The quantitative estimate of drug-likeness (QED) is 0.779. The summed E-state index contributed by atoms with van der Waals surface area (Å²) in [6.45, 7) is 1.81. The van der Waals surface area contributed by atoms with Gasteiger partial charge in [-0.1, -0.05) is 6.07 Å². The SMILES string of the molecule is COC(=O)c1cc2cc(c1C(=O)OC)COCCCCOC2. The number of carbonyl (C=O) groups excluding carboxylic acids is 2. The van der Waals surface area contributed by atoms with Crippen molar-refractivity contribution in [2.75, 3.05) is 27.4 Å².